The second kappa shape index (κ2) is 6.00. The van der Waals surface area contributed by atoms with E-state index in [0.29, 0.717) is 0 Å². The van der Waals surface area contributed by atoms with Gasteiger partial charge in [0, 0.05) is 12.5 Å². The Morgan fingerprint density at radius 3 is 2.38 bits per heavy atom. The number of ether oxygens (including phenoxy) is 1. The molecule has 0 aliphatic carbocycles. The average Bonchev–Trinajstić information content (AvgIpc) is 2.55. The smallest absolute Gasteiger partial charge is 0.228 e. The zero-order valence-electron chi connectivity index (χ0n) is 12.1. The van der Waals surface area contributed by atoms with Crippen molar-refractivity contribution >= 4 is 5.91 Å². The molecule has 108 valence electrons. The fraction of sp³-hybridized carbons (Fsp3) is 0.278. The summed E-state index contributed by atoms with van der Waals surface area (Å²) in [7, 11) is 1.66. The van der Waals surface area contributed by atoms with Crippen molar-refractivity contribution in [2.24, 2.45) is 0 Å². The van der Waals surface area contributed by atoms with Gasteiger partial charge in [0.1, 0.15) is 5.75 Å². The SMILES string of the molecule is COc1ccc([C@@H]2CCNC(=O)[C@@H]2c2ccccc2)cc1. The predicted molar refractivity (Wildman–Crippen MR) is 82.5 cm³/mol. The van der Waals surface area contributed by atoms with Crippen LogP contribution in [-0.2, 0) is 4.79 Å². The lowest BCUT2D eigenvalue weighted by atomic mass is 9.77. The van der Waals surface area contributed by atoms with E-state index in [4.69, 9.17) is 4.74 Å². The van der Waals surface area contributed by atoms with Crippen LogP contribution < -0.4 is 10.1 Å². The second-order valence-corrected chi connectivity index (χ2v) is 5.35. The Bertz CT molecular complexity index is 607. The summed E-state index contributed by atoms with van der Waals surface area (Å²) in [5.41, 5.74) is 2.27. The second-order valence-electron chi connectivity index (χ2n) is 5.35. The molecule has 2 aromatic carbocycles. The highest BCUT2D eigenvalue weighted by atomic mass is 16.5. The number of benzene rings is 2. The number of hydrogen-bond donors (Lipinski definition) is 1. The van der Waals surface area contributed by atoms with Gasteiger partial charge in [-0.1, -0.05) is 42.5 Å². The van der Waals surface area contributed by atoms with E-state index < -0.39 is 0 Å². The molecule has 0 saturated carbocycles. The lowest BCUT2D eigenvalue weighted by molar-refractivity contribution is -0.124. The molecule has 1 aliphatic rings. The van der Waals surface area contributed by atoms with Crippen LogP contribution in [0.2, 0.25) is 0 Å². The van der Waals surface area contributed by atoms with Gasteiger partial charge in [0.15, 0.2) is 0 Å². The molecule has 0 radical (unpaired) electrons. The molecule has 0 bridgehead atoms. The Kier molecular flexibility index (Phi) is 3.91. The minimum Gasteiger partial charge on any atom is -0.497 e. The fourth-order valence-electron chi connectivity index (χ4n) is 3.06. The third kappa shape index (κ3) is 2.77. The Balaban J connectivity index is 1.95. The summed E-state index contributed by atoms with van der Waals surface area (Å²) in [6, 6.07) is 18.1. The standard InChI is InChI=1S/C18H19NO2/c1-21-15-9-7-13(8-10-15)16-11-12-19-18(20)17(16)14-5-3-2-4-6-14/h2-10,16-17H,11-12H2,1H3,(H,19,20)/t16-,17+/m0/s1. The first-order valence-corrected chi connectivity index (χ1v) is 7.26. The molecule has 1 fully saturated rings. The van der Waals surface area contributed by atoms with Crippen molar-refractivity contribution in [1.82, 2.24) is 5.32 Å². The number of nitrogens with one attached hydrogen (secondary N) is 1. The molecule has 3 rings (SSSR count). The number of carbonyl (C=O) groups excluding carboxylic acids is 1. The molecule has 0 unspecified atom stereocenters. The minimum absolute atomic E-state index is 0.117. The molecule has 3 nitrogen and oxygen atoms in total. The van der Waals surface area contributed by atoms with E-state index in [1.54, 1.807) is 7.11 Å². The van der Waals surface area contributed by atoms with Crippen molar-refractivity contribution in [3.05, 3.63) is 65.7 Å². The average molecular weight is 281 g/mol. The third-order valence-corrected chi connectivity index (χ3v) is 4.14. The Labute approximate surface area is 124 Å². The van der Waals surface area contributed by atoms with Gasteiger partial charge in [0.25, 0.3) is 0 Å². The van der Waals surface area contributed by atoms with Crippen LogP contribution in [0.25, 0.3) is 0 Å². The van der Waals surface area contributed by atoms with Crippen molar-refractivity contribution in [1.29, 1.82) is 0 Å². The molecular weight excluding hydrogens is 262 g/mol. The van der Waals surface area contributed by atoms with Crippen LogP contribution in [-0.4, -0.2) is 19.6 Å². The van der Waals surface area contributed by atoms with Crippen LogP contribution in [0.15, 0.2) is 54.6 Å². The van der Waals surface area contributed by atoms with Crippen LogP contribution in [0.3, 0.4) is 0 Å². The van der Waals surface area contributed by atoms with Gasteiger partial charge >= 0.3 is 0 Å². The van der Waals surface area contributed by atoms with Gasteiger partial charge in [-0.3, -0.25) is 4.79 Å². The van der Waals surface area contributed by atoms with Crippen molar-refractivity contribution in [3.63, 3.8) is 0 Å². The zero-order chi connectivity index (χ0) is 14.7. The highest BCUT2D eigenvalue weighted by Gasteiger charge is 2.33. The molecule has 0 spiro atoms. The van der Waals surface area contributed by atoms with E-state index in [1.165, 1.54) is 5.56 Å². The summed E-state index contributed by atoms with van der Waals surface area (Å²) >= 11 is 0. The van der Waals surface area contributed by atoms with Gasteiger partial charge in [-0.15, -0.1) is 0 Å². The molecular formula is C18H19NO2. The summed E-state index contributed by atoms with van der Waals surface area (Å²) in [6.45, 7) is 0.735. The van der Waals surface area contributed by atoms with E-state index in [1.807, 2.05) is 42.5 Å². The van der Waals surface area contributed by atoms with E-state index in [9.17, 15) is 4.79 Å². The number of piperidine rings is 1. The molecule has 1 N–H and O–H groups in total. The van der Waals surface area contributed by atoms with Crippen LogP contribution in [0.4, 0.5) is 0 Å². The molecule has 1 amide bonds. The molecule has 21 heavy (non-hydrogen) atoms. The first-order valence-electron chi connectivity index (χ1n) is 7.26. The summed E-state index contributed by atoms with van der Waals surface area (Å²) in [4.78, 5) is 12.4. The van der Waals surface area contributed by atoms with Crippen molar-refractivity contribution in [2.45, 2.75) is 18.3 Å². The minimum atomic E-state index is -0.117. The van der Waals surface area contributed by atoms with Crippen LogP contribution in [0.5, 0.6) is 5.75 Å². The fourth-order valence-corrected chi connectivity index (χ4v) is 3.06. The highest BCUT2D eigenvalue weighted by Crippen LogP contribution is 2.38. The summed E-state index contributed by atoms with van der Waals surface area (Å²) < 4.78 is 5.21. The lowest BCUT2D eigenvalue weighted by Crippen LogP contribution is -2.39. The first kappa shape index (κ1) is 13.7. The molecule has 1 saturated heterocycles. The van der Waals surface area contributed by atoms with Gasteiger partial charge in [-0.25, -0.2) is 0 Å². The maximum Gasteiger partial charge on any atom is 0.228 e. The van der Waals surface area contributed by atoms with Gasteiger partial charge in [-0.05, 0) is 29.7 Å². The topological polar surface area (TPSA) is 38.3 Å². The van der Waals surface area contributed by atoms with Gasteiger partial charge in [0.05, 0.1) is 13.0 Å². The summed E-state index contributed by atoms with van der Waals surface area (Å²) in [5, 5.41) is 2.99. The van der Waals surface area contributed by atoms with E-state index in [0.717, 1.165) is 24.3 Å². The maximum absolute atomic E-state index is 12.4. The normalized spacial score (nSPS) is 21.7. The highest BCUT2D eigenvalue weighted by molar-refractivity contribution is 5.85. The van der Waals surface area contributed by atoms with E-state index >= 15 is 0 Å². The predicted octanol–water partition coefficient (Wildman–Crippen LogP) is 3.08. The number of hydrogen-bond acceptors (Lipinski definition) is 2. The third-order valence-electron chi connectivity index (χ3n) is 4.14. The summed E-state index contributed by atoms with van der Waals surface area (Å²) in [6.07, 6.45) is 0.956. The van der Waals surface area contributed by atoms with Crippen LogP contribution in [0.1, 0.15) is 29.4 Å². The number of carbonyl (C=O) groups is 1. The van der Waals surface area contributed by atoms with Crippen molar-refractivity contribution < 1.29 is 9.53 Å². The molecule has 1 heterocycles. The molecule has 3 heteroatoms. The van der Waals surface area contributed by atoms with Gasteiger partial charge < -0.3 is 10.1 Å². The molecule has 2 aromatic rings. The number of amides is 1. The Morgan fingerprint density at radius 2 is 1.71 bits per heavy atom. The lowest BCUT2D eigenvalue weighted by Gasteiger charge is -2.32. The zero-order valence-corrected chi connectivity index (χ0v) is 12.1. The first-order chi connectivity index (χ1) is 10.3. The van der Waals surface area contributed by atoms with Crippen molar-refractivity contribution in [3.8, 4) is 5.75 Å². The summed E-state index contributed by atoms with van der Waals surface area (Å²) in [5.74, 6) is 1.06. The van der Waals surface area contributed by atoms with Crippen molar-refractivity contribution in [2.75, 3.05) is 13.7 Å². The van der Waals surface area contributed by atoms with Crippen LogP contribution >= 0.6 is 0 Å². The van der Waals surface area contributed by atoms with E-state index in [2.05, 4.69) is 17.4 Å². The molecule has 1 aliphatic heterocycles. The monoisotopic (exact) mass is 281 g/mol. The van der Waals surface area contributed by atoms with E-state index in [-0.39, 0.29) is 17.7 Å². The number of methoxy groups -OCH3 is 1. The largest absolute Gasteiger partial charge is 0.497 e. The Morgan fingerprint density at radius 1 is 1.00 bits per heavy atom. The van der Waals surface area contributed by atoms with Gasteiger partial charge in [0.2, 0.25) is 5.91 Å². The number of rotatable bonds is 3. The van der Waals surface area contributed by atoms with Crippen LogP contribution in [0, 0.1) is 0 Å². The quantitative estimate of drug-likeness (QED) is 0.939. The van der Waals surface area contributed by atoms with Gasteiger partial charge in [-0.2, -0.15) is 0 Å². The Hall–Kier alpha value is -2.29. The maximum atomic E-state index is 12.4. The molecule has 0 aromatic heterocycles. The molecule has 2 atom stereocenters.